The van der Waals surface area contributed by atoms with Crippen LogP contribution in [0.2, 0.25) is 0 Å². The fourth-order valence-electron chi connectivity index (χ4n) is 6.50. The molecule has 2 unspecified atom stereocenters. The minimum Gasteiger partial charge on any atom is -0.489 e. The van der Waals surface area contributed by atoms with Crippen LogP contribution < -0.4 is 14.2 Å². The number of nitrogens with zero attached hydrogens (tertiary/aromatic N) is 1. The number of benzene rings is 2. The first-order valence-electron chi connectivity index (χ1n) is 18.6. The number of rotatable bonds is 12. The summed E-state index contributed by atoms with van der Waals surface area (Å²) in [4.78, 5) is 66.0. The molecule has 0 aromatic heterocycles. The van der Waals surface area contributed by atoms with E-state index in [1.54, 1.807) is 65.8 Å². The largest absolute Gasteiger partial charge is 0.489 e. The van der Waals surface area contributed by atoms with Gasteiger partial charge in [0.1, 0.15) is 57.6 Å². The topological polar surface area (TPSA) is 144 Å². The fraction of sp³-hybridized carbons (Fsp3) is 0.595. The number of carbonyl (C=O) groups excluding carboxylic acids is 5. The van der Waals surface area contributed by atoms with E-state index in [2.05, 4.69) is 0 Å². The molecule has 2 amide bonds. The number of thioether (sulfide) groups is 1. The monoisotopic (exact) mass is 783 g/mol. The van der Waals surface area contributed by atoms with Gasteiger partial charge in [-0.05, 0) is 155 Å². The summed E-state index contributed by atoms with van der Waals surface area (Å²) in [7, 11) is 0. The normalized spacial score (nSPS) is 20.1. The first-order chi connectivity index (χ1) is 25.2. The first-order valence-corrected chi connectivity index (χ1v) is 19.4. The second-order valence-electron chi connectivity index (χ2n) is 17.7. The molecule has 12 nitrogen and oxygen atoms in total. The lowest BCUT2D eigenvalue weighted by molar-refractivity contribution is -0.159. The number of amides is 2. The SMILES string of the molecule is Cc1c(C)c2c(c(C)c1OCC(=O)OC(C)(C)C)CCC(C)(COc1ccc(CC3(CC(=O)OC(C)(C)C)SC(=O)N(CC(=O)OC(C)(C)C)C3=O)cc1)O2. The molecule has 0 saturated carbocycles. The van der Waals surface area contributed by atoms with Gasteiger partial charge < -0.3 is 28.4 Å². The molecule has 2 aromatic carbocycles. The van der Waals surface area contributed by atoms with Gasteiger partial charge in [0.2, 0.25) is 5.91 Å². The van der Waals surface area contributed by atoms with Crippen LogP contribution in [0.5, 0.6) is 17.2 Å². The van der Waals surface area contributed by atoms with Crippen LogP contribution in [0.25, 0.3) is 0 Å². The molecule has 302 valence electrons. The van der Waals surface area contributed by atoms with Crippen molar-refractivity contribution in [3.8, 4) is 17.2 Å². The molecule has 0 bridgehead atoms. The Hall–Kier alpha value is -4.26. The average Bonchev–Trinajstić information content (AvgIpc) is 3.24. The molecule has 2 heterocycles. The number of imide groups is 1. The Morgan fingerprint density at radius 3 is 1.93 bits per heavy atom. The molecular formula is C42H57NO11S. The van der Waals surface area contributed by atoms with Crippen molar-refractivity contribution < 1.29 is 52.4 Å². The van der Waals surface area contributed by atoms with Crippen LogP contribution in [-0.4, -0.2) is 80.9 Å². The lowest BCUT2D eigenvalue weighted by atomic mass is 9.87. The zero-order valence-corrected chi connectivity index (χ0v) is 35.4. The number of carbonyl (C=O) groups is 5. The molecule has 1 fully saturated rings. The summed E-state index contributed by atoms with van der Waals surface area (Å²) in [6, 6.07) is 7.12. The highest BCUT2D eigenvalue weighted by molar-refractivity contribution is 8.16. The summed E-state index contributed by atoms with van der Waals surface area (Å²) in [6.45, 7) is 23.1. The molecule has 4 rings (SSSR count). The maximum Gasteiger partial charge on any atom is 0.344 e. The van der Waals surface area contributed by atoms with Gasteiger partial charge in [0.25, 0.3) is 5.24 Å². The van der Waals surface area contributed by atoms with E-state index in [0.717, 1.165) is 51.1 Å². The summed E-state index contributed by atoms with van der Waals surface area (Å²) in [5.41, 5.74) is 1.61. The van der Waals surface area contributed by atoms with E-state index in [1.165, 1.54) is 0 Å². The number of ether oxygens (including phenoxy) is 6. The molecule has 13 heteroatoms. The molecule has 2 aromatic rings. The molecule has 0 aliphatic carbocycles. The first kappa shape index (κ1) is 43.5. The van der Waals surface area contributed by atoms with E-state index in [0.29, 0.717) is 23.5 Å². The predicted molar refractivity (Wildman–Crippen MR) is 209 cm³/mol. The van der Waals surface area contributed by atoms with Crippen molar-refractivity contribution in [1.82, 2.24) is 4.90 Å². The number of hydrogen-bond donors (Lipinski definition) is 0. The minimum absolute atomic E-state index is 0.0334. The maximum absolute atomic E-state index is 13.9. The molecule has 0 spiro atoms. The van der Waals surface area contributed by atoms with Gasteiger partial charge in [-0.25, -0.2) is 4.79 Å². The maximum atomic E-state index is 13.9. The van der Waals surface area contributed by atoms with Gasteiger partial charge in [-0.3, -0.25) is 24.1 Å². The Labute approximate surface area is 329 Å². The predicted octanol–water partition coefficient (Wildman–Crippen LogP) is 7.55. The van der Waals surface area contributed by atoms with E-state index in [1.807, 2.05) is 48.5 Å². The lowest BCUT2D eigenvalue weighted by Gasteiger charge is -2.38. The van der Waals surface area contributed by atoms with E-state index < -0.39 is 62.8 Å². The van der Waals surface area contributed by atoms with Crippen molar-refractivity contribution in [1.29, 1.82) is 0 Å². The third kappa shape index (κ3) is 11.4. The van der Waals surface area contributed by atoms with Gasteiger partial charge in [0.15, 0.2) is 6.61 Å². The van der Waals surface area contributed by atoms with Crippen LogP contribution in [0.1, 0.15) is 110 Å². The zero-order valence-electron chi connectivity index (χ0n) is 34.6. The van der Waals surface area contributed by atoms with Gasteiger partial charge in [-0.1, -0.05) is 12.1 Å². The van der Waals surface area contributed by atoms with Crippen LogP contribution in [0.4, 0.5) is 4.79 Å². The molecule has 2 atom stereocenters. The highest BCUT2D eigenvalue weighted by Crippen LogP contribution is 2.45. The quantitative estimate of drug-likeness (QED) is 0.155. The second kappa shape index (κ2) is 16.1. The van der Waals surface area contributed by atoms with Crippen LogP contribution in [0.15, 0.2) is 24.3 Å². The number of fused-ring (bicyclic) bond motifs is 1. The Bertz CT molecular complexity index is 1820. The minimum atomic E-state index is -1.52. The van der Waals surface area contributed by atoms with E-state index in [9.17, 15) is 24.0 Å². The van der Waals surface area contributed by atoms with Crippen LogP contribution >= 0.6 is 11.8 Å². The number of esters is 3. The van der Waals surface area contributed by atoms with Crippen molar-refractivity contribution in [3.63, 3.8) is 0 Å². The highest BCUT2D eigenvalue weighted by Gasteiger charge is 2.55. The van der Waals surface area contributed by atoms with Crippen LogP contribution in [-0.2, 0) is 46.2 Å². The molecule has 0 radical (unpaired) electrons. The zero-order chi connectivity index (χ0) is 41.3. The summed E-state index contributed by atoms with van der Waals surface area (Å²) in [5, 5.41) is -0.633. The van der Waals surface area contributed by atoms with Crippen LogP contribution in [0.3, 0.4) is 0 Å². The highest BCUT2D eigenvalue weighted by atomic mass is 32.2. The molecule has 0 N–H and O–H groups in total. The van der Waals surface area contributed by atoms with Crippen molar-refractivity contribution in [2.45, 2.75) is 143 Å². The third-order valence-corrected chi connectivity index (χ3v) is 10.2. The summed E-state index contributed by atoms with van der Waals surface area (Å²) >= 11 is 0.728. The van der Waals surface area contributed by atoms with Crippen molar-refractivity contribution >= 4 is 40.8 Å². The van der Waals surface area contributed by atoms with E-state index in [4.69, 9.17) is 28.4 Å². The van der Waals surface area contributed by atoms with Crippen molar-refractivity contribution in [2.75, 3.05) is 19.8 Å². The Balaban J connectivity index is 1.46. The second-order valence-corrected chi connectivity index (χ2v) is 19.0. The van der Waals surface area contributed by atoms with E-state index >= 15 is 0 Å². The smallest absolute Gasteiger partial charge is 0.344 e. The van der Waals surface area contributed by atoms with Crippen molar-refractivity contribution in [2.24, 2.45) is 0 Å². The molecule has 1 saturated heterocycles. The lowest BCUT2D eigenvalue weighted by Crippen LogP contribution is -2.46. The number of hydrogen-bond acceptors (Lipinski definition) is 12. The summed E-state index contributed by atoms with van der Waals surface area (Å²) < 4.78 is 33.7. The van der Waals surface area contributed by atoms with Crippen LogP contribution in [0, 0.1) is 20.8 Å². The van der Waals surface area contributed by atoms with Gasteiger partial charge in [0, 0.05) is 5.56 Å². The standard InChI is InChI=1S/C42H57NO11S/c1-25-26(2)35-30(27(3)34(25)49-23-33(46)53-40(10,11)12)18-19-41(13,54-35)24-50-29-16-14-28(15-17-29)20-42(21-31(44)51-38(4,5)6)36(47)43(37(48)55-42)22-32(45)52-39(7,8)9/h14-17H,18-24H2,1-13H3. The van der Waals surface area contributed by atoms with Gasteiger partial charge in [-0.15, -0.1) is 0 Å². The van der Waals surface area contributed by atoms with Gasteiger partial charge >= 0.3 is 17.9 Å². The van der Waals surface area contributed by atoms with Gasteiger partial charge in [-0.2, -0.15) is 0 Å². The third-order valence-electron chi connectivity index (χ3n) is 8.97. The molecule has 55 heavy (non-hydrogen) atoms. The Kier molecular flexibility index (Phi) is 12.7. The van der Waals surface area contributed by atoms with Gasteiger partial charge in [0.05, 0.1) is 6.42 Å². The average molecular weight is 784 g/mol. The molecular weight excluding hydrogens is 727 g/mol. The van der Waals surface area contributed by atoms with Crippen molar-refractivity contribution in [3.05, 3.63) is 52.1 Å². The Morgan fingerprint density at radius 2 is 1.35 bits per heavy atom. The molecule has 2 aliphatic rings. The van der Waals surface area contributed by atoms with E-state index in [-0.39, 0.29) is 26.1 Å². The Morgan fingerprint density at radius 1 is 0.782 bits per heavy atom. The summed E-state index contributed by atoms with van der Waals surface area (Å²) in [6.07, 6.45) is 1.06. The molecule has 2 aliphatic heterocycles. The fourth-order valence-corrected chi connectivity index (χ4v) is 7.72. The summed E-state index contributed by atoms with van der Waals surface area (Å²) in [5.74, 6) is -0.411.